The quantitative estimate of drug-likeness (QED) is 0.870. The summed E-state index contributed by atoms with van der Waals surface area (Å²) in [6, 6.07) is 6.98. The van der Waals surface area contributed by atoms with E-state index >= 15 is 0 Å². The summed E-state index contributed by atoms with van der Waals surface area (Å²) in [6.07, 6.45) is 0. The highest BCUT2D eigenvalue weighted by atomic mass is 19.1. The first-order valence-corrected chi connectivity index (χ1v) is 5.16. The third-order valence-corrected chi connectivity index (χ3v) is 2.17. The molecule has 0 spiro atoms. The minimum absolute atomic E-state index is 0.0906. The van der Waals surface area contributed by atoms with Crippen molar-refractivity contribution in [3.63, 3.8) is 0 Å². The Labute approximate surface area is 102 Å². The van der Waals surface area contributed by atoms with E-state index in [1.165, 1.54) is 30.3 Å². The van der Waals surface area contributed by atoms with Gasteiger partial charge < -0.3 is 10.4 Å². The van der Waals surface area contributed by atoms with Crippen LogP contribution in [0, 0.1) is 12.7 Å². The highest BCUT2D eigenvalue weighted by Gasteiger charge is 2.08. The summed E-state index contributed by atoms with van der Waals surface area (Å²) in [5.41, 5.74) is 1.03. The molecule has 18 heavy (non-hydrogen) atoms. The molecule has 0 saturated carbocycles. The normalized spacial score (nSPS) is 10.1. The molecule has 0 fully saturated rings. The molecule has 0 bridgehead atoms. The minimum atomic E-state index is -1.12. The van der Waals surface area contributed by atoms with Crippen molar-refractivity contribution in [3.8, 4) is 0 Å². The van der Waals surface area contributed by atoms with E-state index in [1.807, 2.05) is 0 Å². The van der Waals surface area contributed by atoms with Crippen molar-refractivity contribution in [2.24, 2.45) is 0 Å². The number of carbonyl (C=O) groups is 1. The molecule has 1 heterocycles. The molecule has 0 unspecified atom stereocenters. The van der Waals surface area contributed by atoms with Gasteiger partial charge in [-0.1, -0.05) is 0 Å². The lowest BCUT2D eigenvalue weighted by Crippen LogP contribution is -2.06. The van der Waals surface area contributed by atoms with Crippen LogP contribution in [0.25, 0.3) is 0 Å². The highest BCUT2D eigenvalue weighted by Crippen LogP contribution is 2.14. The Morgan fingerprint density at radius 3 is 2.56 bits per heavy atom. The van der Waals surface area contributed by atoms with Crippen LogP contribution in [0.2, 0.25) is 0 Å². The molecule has 0 saturated heterocycles. The van der Waals surface area contributed by atoms with Gasteiger partial charge in [-0.05, 0) is 37.3 Å². The predicted octanol–water partition coefficient (Wildman–Crippen LogP) is 2.37. The number of rotatable bonds is 3. The van der Waals surface area contributed by atoms with Gasteiger partial charge in [0.2, 0.25) is 5.95 Å². The molecule has 2 rings (SSSR count). The monoisotopic (exact) mass is 247 g/mol. The molecule has 92 valence electrons. The fourth-order valence-corrected chi connectivity index (χ4v) is 1.40. The zero-order chi connectivity index (χ0) is 13.1. The van der Waals surface area contributed by atoms with Crippen LogP contribution < -0.4 is 5.32 Å². The summed E-state index contributed by atoms with van der Waals surface area (Å²) in [4.78, 5) is 18.7. The van der Waals surface area contributed by atoms with E-state index in [4.69, 9.17) is 5.11 Å². The van der Waals surface area contributed by atoms with Gasteiger partial charge in [-0.25, -0.2) is 19.2 Å². The van der Waals surface area contributed by atoms with Gasteiger partial charge >= 0.3 is 5.97 Å². The molecule has 0 aliphatic rings. The molecule has 0 atom stereocenters. The van der Waals surface area contributed by atoms with Gasteiger partial charge in [0.05, 0.1) is 0 Å². The Hall–Kier alpha value is -2.50. The van der Waals surface area contributed by atoms with Gasteiger partial charge in [-0.15, -0.1) is 0 Å². The van der Waals surface area contributed by atoms with Crippen LogP contribution in [0.3, 0.4) is 0 Å². The summed E-state index contributed by atoms with van der Waals surface area (Å²) in [5, 5.41) is 11.7. The fraction of sp³-hybridized carbons (Fsp3) is 0.0833. The number of aryl methyl sites for hydroxylation is 1. The molecule has 5 nitrogen and oxygen atoms in total. The first kappa shape index (κ1) is 12.0. The average Bonchev–Trinajstić information content (AvgIpc) is 2.31. The Bertz CT molecular complexity index is 584. The van der Waals surface area contributed by atoms with Gasteiger partial charge in [0.1, 0.15) is 5.82 Å². The number of nitrogens with one attached hydrogen (secondary N) is 1. The number of anilines is 2. The first-order valence-electron chi connectivity index (χ1n) is 5.16. The largest absolute Gasteiger partial charge is 0.477 e. The average molecular weight is 247 g/mol. The van der Waals surface area contributed by atoms with E-state index in [0.29, 0.717) is 11.4 Å². The smallest absolute Gasteiger partial charge is 0.354 e. The molecule has 2 aromatic rings. The standard InChI is InChI=1S/C12H10FN3O2/c1-7-6-10(11(17)18)16-12(14-7)15-9-4-2-8(13)3-5-9/h2-6H,1H3,(H,17,18)(H,14,15,16). The van der Waals surface area contributed by atoms with Crippen LogP contribution in [-0.4, -0.2) is 21.0 Å². The van der Waals surface area contributed by atoms with Crippen LogP contribution in [0.1, 0.15) is 16.2 Å². The molecule has 6 heteroatoms. The number of nitrogens with zero attached hydrogens (tertiary/aromatic N) is 2. The maximum Gasteiger partial charge on any atom is 0.354 e. The van der Waals surface area contributed by atoms with Crippen molar-refractivity contribution in [1.82, 2.24) is 9.97 Å². The lowest BCUT2D eigenvalue weighted by Gasteiger charge is -2.06. The van der Waals surface area contributed by atoms with E-state index in [0.717, 1.165) is 0 Å². The van der Waals surface area contributed by atoms with E-state index in [2.05, 4.69) is 15.3 Å². The van der Waals surface area contributed by atoms with Crippen LogP contribution in [-0.2, 0) is 0 Å². The van der Waals surface area contributed by atoms with Crippen LogP contribution in [0.15, 0.2) is 30.3 Å². The second-order valence-electron chi connectivity index (χ2n) is 3.66. The second-order valence-corrected chi connectivity index (χ2v) is 3.66. The maximum atomic E-state index is 12.7. The predicted molar refractivity (Wildman–Crippen MR) is 63.4 cm³/mol. The van der Waals surface area contributed by atoms with Gasteiger partial charge in [0.15, 0.2) is 5.69 Å². The van der Waals surface area contributed by atoms with Crippen LogP contribution >= 0.6 is 0 Å². The number of halogens is 1. The van der Waals surface area contributed by atoms with Gasteiger partial charge in [0, 0.05) is 11.4 Å². The molecule has 0 aliphatic heterocycles. The molecular formula is C12H10FN3O2. The highest BCUT2D eigenvalue weighted by molar-refractivity contribution is 5.85. The third kappa shape index (κ3) is 2.79. The number of hydrogen-bond acceptors (Lipinski definition) is 4. The Balaban J connectivity index is 2.28. The molecule has 0 amide bonds. The number of hydrogen-bond donors (Lipinski definition) is 2. The number of carboxylic acid groups (broad SMARTS) is 1. The lowest BCUT2D eigenvalue weighted by molar-refractivity contribution is 0.0690. The molecule has 1 aromatic carbocycles. The van der Waals surface area contributed by atoms with Gasteiger partial charge in [0.25, 0.3) is 0 Å². The van der Waals surface area contributed by atoms with E-state index in [-0.39, 0.29) is 17.5 Å². The molecule has 0 radical (unpaired) electrons. The van der Waals surface area contributed by atoms with Crippen molar-refractivity contribution in [1.29, 1.82) is 0 Å². The lowest BCUT2D eigenvalue weighted by atomic mass is 10.3. The van der Waals surface area contributed by atoms with Crippen molar-refractivity contribution >= 4 is 17.6 Å². The third-order valence-electron chi connectivity index (χ3n) is 2.17. The van der Waals surface area contributed by atoms with Crippen LogP contribution in [0.4, 0.5) is 16.0 Å². The molecule has 2 N–H and O–H groups in total. The van der Waals surface area contributed by atoms with Gasteiger partial charge in [-0.2, -0.15) is 0 Å². The van der Waals surface area contributed by atoms with Crippen molar-refractivity contribution in [3.05, 3.63) is 47.5 Å². The number of benzene rings is 1. The minimum Gasteiger partial charge on any atom is -0.477 e. The second kappa shape index (κ2) is 4.79. The SMILES string of the molecule is Cc1cc(C(=O)O)nc(Nc2ccc(F)cc2)n1. The van der Waals surface area contributed by atoms with E-state index in [1.54, 1.807) is 6.92 Å². The first-order chi connectivity index (χ1) is 8.54. The summed E-state index contributed by atoms with van der Waals surface area (Å²) in [5.74, 6) is -1.31. The van der Waals surface area contributed by atoms with Crippen molar-refractivity contribution in [2.45, 2.75) is 6.92 Å². The Morgan fingerprint density at radius 1 is 1.28 bits per heavy atom. The fourth-order valence-electron chi connectivity index (χ4n) is 1.40. The zero-order valence-corrected chi connectivity index (χ0v) is 9.51. The van der Waals surface area contributed by atoms with Gasteiger partial charge in [-0.3, -0.25) is 0 Å². The summed E-state index contributed by atoms with van der Waals surface area (Å²) >= 11 is 0. The molecule has 1 aromatic heterocycles. The Kier molecular flexibility index (Phi) is 3.18. The number of aromatic nitrogens is 2. The number of aromatic carboxylic acids is 1. The summed E-state index contributed by atoms with van der Waals surface area (Å²) < 4.78 is 12.7. The van der Waals surface area contributed by atoms with Crippen molar-refractivity contribution < 1.29 is 14.3 Å². The van der Waals surface area contributed by atoms with Crippen molar-refractivity contribution in [2.75, 3.05) is 5.32 Å². The number of carboxylic acids is 1. The van der Waals surface area contributed by atoms with E-state index < -0.39 is 5.97 Å². The topological polar surface area (TPSA) is 75.1 Å². The van der Waals surface area contributed by atoms with Crippen LogP contribution in [0.5, 0.6) is 0 Å². The maximum absolute atomic E-state index is 12.7. The molecular weight excluding hydrogens is 237 g/mol. The Morgan fingerprint density at radius 2 is 1.94 bits per heavy atom. The summed E-state index contributed by atoms with van der Waals surface area (Å²) in [6.45, 7) is 1.67. The molecule has 0 aliphatic carbocycles. The van der Waals surface area contributed by atoms with E-state index in [9.17, 15) is 9.18 Å². The zero-order valence-electron chi connectivity index (χ0n) is 9.51. The summed E-state index contributed by atoms with van der Waals surface area (Å²) in [7, 11) is 0.